The lowest BCUT2D eigenvalue weighted by Gasteiger charge is -2.23. The number of quaternary nitrogens is 1. The third-order valence-electron chi connectivity index (χ3n) is 5.36. The number of hydrogen-bond donors (Lipinski definition) is 2. The number of non-ortho nitro benzene ring substituents is 1. The molecular weight excluding hydrogens is 390 g/mol. The van der Waals surface area contributed by atoms with Crippen molar-refractivity contribution >= 4 is 17.3 Å². The summed E-state index contributed by atoms with van der Waals surface area (Å²) in [5.74, 6) is 1.59. The van der Waals surface area contributed by atoms with Gasteiger partial charge < -0.3 is 24.4 Å². The highest BCUT2D eigenvalue weighted by Gasteiger charge is 2.34. The lowest BCUT2D eigenvalue weighted by Crippen LogP contribution is -3.11. The van der Waals surface area contributed by atoms with E-state index in [-0.39, 0.29) is 29.9 Å². The smallest absolute Gasteiger partial charge is 0.279 e. The average Bonchev–Trinajstić information content (AvgIpc) is 3.20. The van der Waals surface area contributed by atoms with Crippen molar-refractivity contribution in [1.82, 2.24) is 0 Å². The number of nitrogens with one attached hydrogen (secondary N) is 2. The van der Waals surface area contributed by atoms with Crippen LogP contribution in [-0.4, -0.2) is 45.2 Å². The van der Waals surface area contributed by atoms with Crippen LogP contribution in [0.3, 0.4) is 0 Å². The minimum absolute atomic E-state index is 0.111. The summed E-state index contributed by atoms with van der Waals surface area (Å²) in [7, 11) is 4.68. The first-order valence-electron chi connectivity index (χ1n) is 9.65. The van der Waals surface area contributed by atoms with E-state index in [1.165, 1.54) is 25.3 Å². The van der Waals surface area contributed by atoms with Crippen molar-refractivity contribution in [1.29, 1.82) is 0 Å². The van der Waals surface area contributed by atoms with Crippen molar-refractivity contribution in [3.63, 3.8) is 0 Å². The first-order chi connectivity index (χ1) is 14.5. The normalized spacial score (nSPS) is 18.0. The van der Waals surface area contributed by atoms with Crippen LogP contribution in [0.15, 0.2) is 36.4 Å². The van der Waals surface area contributed by atoms with Gasteiger partial charge in [-0.2, -0.15) is 0 Å². The molecule has 1 aliphatic rings. The summed E-state index contributed by atoms with van der Waals surface area (Å²) in [6.07, 6.45) is 1.92. The van der Waals surface area contributed by atoms with Crippen molar-refractivity contribution in [2.75, 3.05) is 39.7 Å². The number of nitro benzene ring substituents is 1. The number of amides is 1. The SMILES string of the molecule is COc1ccc([C@H]2CCC[NH+]2CC(=O)Nc2cc([N+](=O)[O-])ccc2OC)c(OC)c1. The van der Waals surface area contributed by atoms with E-state index in [9.17, 15) is 14.9 Å². The van der Waals surface area contributed by atoms with E-state index in [0.717, 1.165) is 35.6 Å². The van der Waals surface area contributed by atoms with E-state index in [4.69, 9.17) is 14.2 Å². The molecule has 1 aliphatic heterocycles. The van der Waals surface area contributed by atoms with Crippen LogP contribution in [0.25, 0.3) is 0 Å². The van der Waals surface area contributed by atoms with Gasteiger partial charge in [0.1, 0.15) is 23.3 Å². The van der Waals surface area contributed by atoms with E-state index < -0.39 is 4.92 Å². The standard InChI is InChI=1S/C21H25N3O6/c1-28-15-7-8-16(20(12-15)30-3)18-5-4-10-23(18)13-21(25)22-17-11-14(24(26)27)6-9-19(17)29-2/h6-9,11-12,18H,4-5,10,13H2,1-3H3,(H,22,25)/p+1/t18-/m1/s1. The Kier molecular flexibility index (Phi) is 6.73. The monoisotopic (exact) mass is 416 g/mol. The first kappa shape index (κ1) is 21.4. The largest absolute Gasteiger partial charge is 0.497 e. The van der Waals surface area contributed by atoms with E-state index >= 15 is 0 Å². The van der Waals surface area contributed by atoms with E-state index in [0.29, 0.717) is 11.5 Å². The highest BCUT2D eigenvalue weighted by Crippen LogP contribution is 2.32. The summed E-state index contributed by atoms with van der Waals surface area (Å²) in [5.41, 5.74) is 1.21. The maximum absolute atomic E-state index is 12.7. The minimum Gasteiger partial charge on any atom is -0.497 e. The van der Waals surface area contributed by atoms with Gasteiger partial charge in [-0.25, -0.2) is 0 Å². The highest BCUT2D eigenvalue weighted by molar-refractivity contribution is 5.93. The summed E-state index contributed by atoms with van der Waals surface area (Å²) < 4.78 is 16.0. The molecular formula is C21H26N3O6+. The summed E-state index contributed by atoms with van der Waals surface area (Å²) in [4.78, 5) is 24.4. The molecule has 1 unspecified atom stereocenters. The molecule has 1 fully saturated rings. The third kappa shape index (κ3) is 4.62. The topological polar surface area (TPSA) is 104 Å². The molecule has 2 N–H and O–H groups in total. The predicted octanol–water partition coefficient (Wildman–Crippen LogP) is 1.98. The number of nitro groups is 1. The fourth-order valence-corrected chi connectivity index (χ4v) is 3.91. The number of hydrogen-bond acceptors (Lipinski definition) is 6. The fraction of sp³-hybridized carbons (Fsp3) is 0.381. The lowest BCUT2D eigenvalue weighted by atomic mass is 10.0. The quantitative estimate of drug-likeness (QED) is 0.504. The Morgan fingerprint density at radius 1 is 1.13 bits per heavy atom. The Morgan fingerprint density at radius 2 is 1.90 bits per heavy atom. The number of anilines is 1. The zero-order chi connectivity index (χ0) is 21.7. The number of methoxy groups -OCH3 is 3. The molecule has 1 amide bonds. The van der Waals surface area contributed by atoms with Crippen molar-refractivity contribution in [3.8, 4) is 17.2 Å². The van der Waals surface area contributed by atoms with Crippen LogP contribution in [0.4, 0.5) is 11.4 Å². The third-order valence-corrected chi connectivity index (χ3v) is 5.36. The Bertz CT molecular complexity index is 933. The molecule has 0 bridgehead atoms. The minimum atomic E-state index is -0.507. The van der Waals surface area contributed by atoms with Crippen LogP contribution in [0.5, 0.6) is 17.2 Å². The number of carbonyl (C=O) groups is 1. The Labute approximate surface area is 174 Å². The number of ether oxygens (including phenoxy) is 3. The number of likely N-dealkylation sites (tertiary alicyclic amines) is 1. The van der Waals surface area contributed by atoms with E-state index in [1.54, 1.807) is 14.2 Å². The van der Waals surface area contributed by atoms with Crippen LogP contribution >= 0.6 is 0 Å². The first-order valence-corrected chi connectivity index (χ1v) is 9.65. The molecule has 30 heavy (non-hydrogen) atoms. The fourth-order valence-electron chi connectivity index (χ4n) is 3.91. The molecule has 9 heteroatoms. The second kappa shape index (κ2) is 9.45. The average molecular weight is 416 g/mol. The van der Waals surface area contributed by atoms with Crippen molar-refractivity contribution < 1.29 is 28.8 Å². The molecule has 1 saturated heterocycles. The molecule has 0 aliphatic carbocycles. The maximum Gasteiger partial charge on any atom is 0.279 e. The van der Waals surface area contributed by atoms with Crippen molar-refractivity contribution in [2.24, 2.45) is 0 Å². The van der Waals surface area contributed by atoms with Crippen molar-refractivity contribution in [3.05, 3.63) is 52.1 Å². The van der Waals surface area contributed by atoms with Gasteiger partial charge in [-0.1, -0.05) is 0 Å². The molecule has 0 saturated carbocycles. The Morgan fingerprint density at radius 3 is 2.57 bits per heavy atom. The maximum atomic E-state index is 12.7. The molecule has 3 rings (SSSR count). The van der Waals surface area contributed by atoms with Gasteiger partial charge in [-0.05, 0) is 18.2 Å². The molecule has 0 aromatic heterocycles. The number of benzene rings is 2. The van der Waals surface area contributed by atoms with Gasteiger partial charge in [-0.3, -0.25) is 14.9 Å². The van der Waals surface area contributed by atoms with Crippen LogP contribution in [0.1, 0.15) is 24.4 Å². The summed E-state index contributed by atoms with van der Waals surface area (Å²) in [5, 5.41) is 13.8. The molecule has 0 radical (unpaired) electrons. The number of nitrogens with zero attached hydrogens (tertiary/aromatic N) is 1. The van der Waals surface area contributed by atoms with Gasteiger partial charge in [-0.15, -0.1) is 0 Å². The Balaban J connectivity index is 1.75. The van der Waals surface area contributed by atoms with Gasteiger partial charge >= 0.3 is 0 Å². The molecule has 2 atom stereocenters. The lowest BCUT2D eigenvalue weighted by molar-refractivity contribution is -0.910. The van der Waals surface area contributed by atoms with Crippen molar-refractivity contribution in [2.45, 2.75) is 18.9 Å². The molecule has 9 nitrogen and oxygen atoms in total. The van der Waals surface area contributed by atoms with Crippen LogP contribution in [0, 0.1) is 10.1 Å². The molecule has 2 aromatic carbocycles. The van der Waals surface area contributed by atoms with Crippen LogP contribution < -0.4 is 24.4 Å². The van der Waals surface area contributed by atoms with Crippen LogP contribution in [-0.2, 0) is 4.79 Å². The van der Waals surface area contributed by atoms with Gasteiger partial charge in [0.25, 0.3) is 11.6 Å². The van der Waals surface area contributed by atoms with Crippen LogP contribution in [0.2, 0.25) is 0 Å². The van der Waals surface area contributed by atoms with Gasteiger partial charge in [0.15, 0.2) is 6.54 Å². The van der Waals surface area contributed by atoms with E-state index in [2.05, 4.69) is 5.32 Å². The zero-order valence-electron chi connectivity index (χ0n) is 17.3. The van der Waals surface area contributed by atoms with Gasteiger partial charge in [0, 0.05) is 31.0 Å². The molecule has 0 spiro atoms. The predicted molar refractivity (Wildman–Crippen MR) is 110 cm³/mol. The number of rotatable bonds is 8. The van der Waals surface area contributed by atoms with Gasteiger partial charge in [0.05, 0.1) is 44.0 Å². The number of carbonyl (C=O) groups excluding carboxylic acids is 1. The summed E-state index contributed by atoms with van der Waals surface area (Å²) in [6, 6.07) is 9.95. The summed E-state index contributed by atoms with van der Waals surface area (Å²) >= 11 is 0. The molecule has 1 heterocycles. The second-order valence-electron chi connectivity index (χ2n) is 7.08. The van der Waals surface area contributed by atoms with Gasteiger partial charge in [0.2, 0.25) is 0 Å². The summed E-state index contributed by atoms with van der Waals surface area (Å²) in [6.45, 7) is 1.07. The molecule has 160 valence electrons. The second-order valence-corrected chi connectivity index (χ2v) is 7.08. The molecule has 2 aromatic rings. The highest BCUT2D eigenvalue weighted by atomic mass is 16.6. The van der Waals surface area contributed by atoms with E-state index in [1.807, 2.05) is 18.2 Å². The zero-order valence-corrected chi connectivity index (χ0v) is 17.3. The Hall–Kier alpha value is -3.33.